The largest absolute Gasteiger partial charge is 0.513 e. The van der Waals surface area contributed by atoms with Crippen molar-refractivity contribution in [3.05, 3.63) is 0 Å². The van der Waals surface area contributed by atoms with Crippen molar-refractivity contribution >= 4 is 58.8 Å². The second-order valence-corrected chi connectivity index (χ2v) is 17.4. The summed E-state index contributed by atoms with van der Waals surface area (Å²) in [5.74, 6) is 0. The van der Waals surface area contributed by atoms with Crippen LogP contribution in [0.15, 0.2) is 0 Å². The second kappa shape index (κ2) is 6.53. The Morgan fingerprint density at radius 1 is 1.00 bits per heavy atom. The summed E-state index contributed by atoms with van der Waals surface area (Å²) >= 11 is 0. The van der Waals surface area contributed by atoms with E-state index >= 15 is 0 Å². The van der Waals surface area contributed by atoms with Crippen molar-refractivity contribution in [3.63, 3.8) is 0 Å². The average Bonchev–Trinajstić information content (AvgIpc) is 2.86. The highest BCUT2D eigenvalue weighted by molar-refractivity contribution is 8.37. The van der Waals surface area contributed by atoms with E-state index in [2.05, 4.69) is 22.2 Å². The molecule has 0 saturated heterocycles. The van der Waals surface area contributed by atoms with Gasteiger partial charge in [0, 0.05) is 61.1 Å². The van der Waals surface area contributed by atoms with E-state index in [1.165, 1.54) is 0 Å². The molecule has 0 aliphatic heterocycles. The fourth-order valence-electron chi connectivity index (χ4n) is 1.47. The van der Waals surface area contributed by atoms with E-state index in [1.807, 2.05) is 0 Å². The van der Waals surface area contributed by atoms with E-state index in [9.17, 15) is 0 Å². The van der Waals surface area contributed by atoms with E-state index in [0.29, 0.717) is 0 Å². The zero-order valence-electron chi connectivity index (χ0n) is 10.8. The smallest absolute Gasteiger partial charge is 0.376 e. The van der Waals surface area contributed by atoms with Gasteiger partial charge in [-0.1, -0.05) is 0 Å². The number of rotatable bonds is 6. The van der Waals surface area contributed by atoms with E-state index in [0.717, 1.165) is 0 Å². The summed E-state index contributed by atoms with van der Waals surface area (Å²) < 4.78 is 19.2. The summed E-state index contributed by atoms with van der Waals surface area (Å²) in [4.78, 5) is 0.259. The standard InChI is InChI=1S/C7H19NO3S5Si/c1-7(17(9-2,10-3)11-4)16(5,6)8-12-14-15-13-8/h7H,1-6H3. The lowest BCUT2D eigenvalue weighted by Crippen LogP contribution is -2.55. The molecule has 0 aromatic carbocycles. The van der Waals surface area contributed by atoms with Gasteiger partial charge in [0.1, 0.15) is 0 Å². The first kappa shape index (κ1) is 16.2. The molecule has 17 heavy (non-hydrogen) atoms. The zero-order chi connectivity index (χ0) is 13.1. The highest BCUT2D eigenvalue weighted by atomic mass is 33.4. The van der Waals surface area contributed by atoms with E-state index in [-0.39, 0.29) is 4.87 Å². The fraction of sp³-hybridized carbons (Fsp3) is 1.00. The summed E-state index contributed by atoms with van der Waals surface area (Å²) in [5, 5.41) is 0. The minimum Gasteiger partial charge on any atom is -0.376 e. The van der Waals surface area contributed by atoms with Crippen molar-refractivity contribution < 1.29 is 13.3 Å². The lowest BCUT2D eigenvalue weighted by atomic mass is 11.0. The van der Waals surface area contributed by atoms with Crippen molar-refractivity contribution in [2.45, 2.75) is 11.8 Å². The van der Waals surface area contributed by atoms with Crippen molar-refractivity contribution in [1.82, 2.24) is 2.75 Å². The van der Waals surface area contributed by atoms with Gasteiger partial charge in [0.15, 0.2) is 0 Å². The second-order valence-electron chi connectivity index (χ2n) is 3.72. The summed E-state index contributed by atoms with van der Waals surface area (Å²) in [5.41, 5.74) is 0. The number of nitrogens with zero attached hydrogens (tertiary/aromatic N) is 1. The van der Waals surface area contributed by atoms with Crippen LogP contribution in [-0.2, 0) is 13.3 Å². The van der Waals surface area contributed by atoms with Gasteiger partial charge in [-0.05, 0) is 19.4 Å². The monoisotopic (exact) mass is 353 g/mol. The molecule has 0 radical (unpaired) electrons. The van der Waals surface area contributed by atoms with Gasteiger partial charge >= 0.3 is 8.80 Å². The normalized spacial score (nSPS) is 15.9. The van der Waals surface area contributed by atoms with Gasteiger partial charge < -0.3 is 13.3 Å². The molecular weight excluding hydrogens is 335 g/mol. The topological polar surface area (TPSA) is 32.6 Å². The molecule has 0 saturated carbocycles. The molecule has 1 rings (SSSR count). The Morgan fingerprint density at radius 2 is 1.41 bits per heavy atom. The van der Waals surface area contributed by atoms with Crippen LogP contribution >= 0.6 is 50.0 Å². The van der Waals surface area contributed by atoms with Gasteiger partial charge in [-0.15, -0.1) is 10.2 Å². The summed E-state index contributed by atoms with van der Waals surface area (Å²) in [6.07, 6.45) is 4.56. The Hall–Kier alpha value is 1.13. The SMILES string of the molecule is CO[Si](OC)(OC)C(C)S(C)(C)n1ssss1. The van der Waals surface area contributed by atoms with Crippen LogP contribution in [0.4, 0.5) is 0 Å². The molecule has 4 nitrogen and oxygen atoms in total. The molecule has 0 fully saturated rings. The van der Waals surface area contributed by atoms with Gasteiger partial charge in [-0.2, -0.15) is 2.75 Å². The lowest BCUT2D eigenvalue weighted by Gasteiger charge is -2.42. The number of hydrogen-bond acceptors (Lipinski definition) is 7. The molecule has 0 aliphatic rings. The maximum Gasteiger partial charge on any atom is 0.513 e. The molecule has 1 unspecified atom stereocenters. The Labute approximate surface area is 120 Å². The minimum absolute atomic E-state index is 0.259. The molecule has 0 spiro atoms. The molecule has 0 N–H and O–H groups in total. The predicted octanol–water partition coefficient (Wildman–Crippen LogP) is 3.49. The molecule has 104 valence electrons. The van der Waals surface area contributed by atoms with Crippen LogP contribution in [-0.4, -0.2) is 50.3 Å². The molecule has 1 aromatic heterocycles. The maximum atomic E-state index is 5.60. The van der Waals surface area contributed by atoms with Crippen LogP contribution in [0.3, 0.4) is 0 Å². The Morgan fingerprint density at radius 3 is 1.76 bits per heavy atom. The highest BCUT2D eigenvalue weighted by Crippen LogP contribution is 2.54. The van der Waals surface area contributed by atoms with Crippen LogP contribution in [0.5, 0.6) is 0 Å². The molecular formula is C7H19NO3S5Si. The van der Waals surface area contributed by atoms with E-state index < -0.39 is 19.0 Å². The van der Waals surface area contributed by atoms with Crippen LogP contribution in [0.2, 0.25) is 0 Å². The van der Waals surface area contributed by atoms with E-state index in [1.54, 1.807) is 61.1 Å². The van der Waals surface area contributed by atoms with Gasteiger partial charge in [-0.3, -0.25) is 0 Å². The molecule has 10 heteroatoms. The van der Waals surface area contributed by atoms with Gasteiger partial charge in [0.25, 0.3) is 0 Å². The number of hydrogen-bond donors (Lipinski definition) is 0. The average molecular weight is 354 g/mol. The lowest BCUT2D eigenvalue weighted by molar-refractivity contribution is 0.122. The molecule has 1 aromatic rings. The fourth-order valence-corrected chi connectivity index (χ4v) is 19.5. The van der Waals surface area contributed by atoms with Gasteiger partial charge in [0.05, 0.1) is 4.87 Å². The van der Waals surface area contributed by atoms with Crippen molar-refractivity contribution in [3.8, 4) is 0 Å². The van der Waals surface area contributed by atoms with Crippen molar-refractivity contribution in [2.24, 2.45) is 0 Å². The molecule has 0 amide bonds. The summed E-state index contributed by atoms with van der Waals surface area (Å²) in [6, 6.07) is 0. The summed E-state index contributed by atoms with van der Waals surface area (Å²) in [7, 11) is 8.62. The Kier molecular flexibility index (Phi) is 6.21. The van der Waals surface area contributed by atoms with Crippen LogP contribution < -0.4 is 0 Å². The maximum absolute atomic E-state index is 5.60. The third-order valence-corrected chi connectivity index (χ3v) is 19.9. The third kappa shape index (κ3) is 3.18. The van der Waals surface area contributed by atoms with Crippen LogP contribution in [0.1, 0.15) is 6.92 Å². The third-order valence-electron chi connectivity index (χ3n) is 2.81. The summed E-state index contributed by atoms with van der Waals surface area (Å²) in [6.45, 7) is 2.17. The van der Waals surface area contributed by atoms with E-state index in [4.69, 9.17) is 13.3 Å². The number of aromatic nitrogens is 1. The first-order valence-electron chi connectivity index (χ1n) is 4.80. The van der Waals surface area contributed by atoms with Crippen molar-refractivity contribution in [1.29, 1.82) is 0 Å². The van der Waals surface area contributed by atoms with Crippen molar-refractivity contribution in [2.75, 3.05) is 33.8 Å². The molecule has 1 heterocycles. The van der Waals surface area contributed by atoms with Crippen LogP contribution in [0, 0.1) is 0 Å². The minimum atomic E-state index is -2.57. The van der Waals surface area contributed by atoms with Gasteiger partial charge in [-0.25, -0.2) is 0 Å². The first-order valence-corrected chi connectivity index (χ1v) is 13.8. The zero-order valence-corrected chi connectivity index (χ0v) is 15.9. The Balaban J connectivity index is 3.06. The molecule has 0 bridgehead atoms. The molecule has 0 aliphatic carbocycles. The predicted molar refractivity (Wildman–Crippen MR) is 84.6 cm³/mol. The quantitative estimate of drug-likeness (QED) is 0.580. The van der Waals surface area contributed by atoms with Gasteiger partial charge in [0.2, 0.25) is 0 Å². The Bertz CT molecular complexity index is 337. The highest BCUT2D eigenvalue weighted by Gasteiger charge is 2.51. The van der Waals surface area contributed by atoms with Crippen LogP contribution in [0.25, 0.3) is 0 Å². The first-order chi connectivity index (χ1) is 7.94. The molecule has 1 atom stereocenters.